The molecule has 1 N–H and O–H groups in total. The maximum absolute atomic E-state index is 8.78. The molecular weight excluding hydrogens is 234 g/mol. The fraction of sp³-hybridized carbons (Fsp3) is 0.429. The third-order valence-electron chi connectivity index (χ3n) is 1.62. The van der Waals surface area contributed by atoms with Gasteiger partial charge in [0.2, 0.25) is 5.16 Å². The minimum atomic E-state index is 0.0376. The minimum absolute atomic E-state index is 0.0376. The highest BCUT2D eigenvalue weighted by Gasteiger charge is 2.07. The van der Waals surface area contributed by atoms with Crippen LogP contribution in [0.2, 0.25) is 0 Å². The molecule has 0 saturated heterocycles. The van der Waals surface area contributed by atoms with Gasteiger partial charge < -0.3 is 5.11 Å². The topological polar surface area (TPSA) is 76.7 Å². The molecule has 0 aromatic carbocycles. The van der Waals surface area contributed by atoms with Gasteiger partial charge in [-0.25, -0.2) is 9.67 Å². The van der Waals surface area contributed by atoms with Gasteiger partial charge in [0.1, 0.15) is 5.01 Å². The van der Waals surface area contributed by atoms with Crippen molar-refractivity contribution in [3.63, 3.8) is 0 Å². The number of tetrazole rings is 1. The third-order valence-corrected chi connectivity index (χ3v) is 3.55. The molecule has 2 aromatic heterocycles. The van der Waals surface area contributed by atoms with Gasteiger partial charge in [0.15, 0.2) is 0 Å². The standard InChI is InChI=1S/C7H9N5OS2/c13-3-2-12-7(9-10-11-12)15-5-6-8-1-4-14-6/h1,4,13H,2-3,5H2. The largest absolute Gasteiger partial charge is 0.394 e. The first-order valence-corrected chi connectivity index (χ1v) is 6.15. The van der Waals surface area contributed by atoms with Crippen LogP contribution in [0.25, 0.3) is 0 Å². The molecule has 0 aliphatic carbocycles. The maximum Gasteiger partial charge on any atom is 0.209 e. The van der Waals surface area contributed by atoms with Crippen LogP contribution in [0.15, 0.2) is 16.7 Å². The monoisotopic (exact) mass is 243 g/mol. The fourth-order valence-electron chi connectivity index (χ4n) is 0.985. The first-order valence-electron chi connectivity index (χ1n) is 4.28. The zero-order valence-corrected chi connectivity index (χ0v) is 9.41. The lowest BCUT2D eigenvalue weighted by Crippen LogP contribution is -2.05. The Kier molecular flexibility index (Phi) is 3.64. The zero-order valence-electron chi connectivity index (χ0n) is 7.78. The normalized spacial score (nSPS) is 10.7. The smallest absolute Gasteiger partial charge is 0.209 e. The van der Waals surface area contributed by atoms with Crippen LogP contribution in [0.4, 0.5) is 0 Å². The number of hydrogen-bond acceptors (Lipinski definition) is 7. The van der Waals surface area contributed by atoms with E-state index in [2.05, 4.69) is 20.5 Å². The summed E-state index contributed by atoms with van der Waals surface area (Å²) < 4.78 is 1.58. The predicted octanol–water partition coefficient (Wildman–Crippen LogP) is 0.414. The molecule has 2 heterocycles. The van der Waals surface area contributed by atoms with E-state index < -0.39 is 0 Å². The van der Waals surface area contributed by atoms with E-state index in [-0.39, 0.29) is 6.61 Å². The molecule has 0 aliphatic rings. The highest BCUT2D eigenvalue weighted by atomic mass is 32.2. The molecule has 0 saturated carbocycles. The van der Waals surface area contributed by atoms with Gasteiger partial charge in [-0.05, 0) is 10.4 Å². The van der Waals surface area contributed by atoms with Gasteiger partial charge in [-0.15, -0.1) is 16.4 Å². The maximum atomic E-state index is 8.78. The van der Waals surface area contributed by atoms with Gasteiger partial charge in [0.05, 0.1) is 18.9 Å². The third kappa shape index (κ3) is 2.74. The molecule has 0 atom stereocenters. The molecule has 8 heteroatoms. The number of rotatable bonds is 5. The summed E-state index contributed by atoms with van der Waals surface area (Å²) in [4.78, 5) is 4.16. The van der Waals surface area contributed by atoms with Crippen molar-refractivity contribution >= 4 is 23.1 Å². The summed E-state index contributed by atoms with van der Waals surface area (Å²) in [6.45, 7) is 0.461. The van der Waals surface area contributed by atoms with Crippen molar-refractivity contribution in [1.82, 2.24) is 25.2 Å². The van der Waals surface area contributed by atoms with E-state index in [4.69, 9.17) is 5.11 Å². The molecule has 0 unspecified atom stereocenters. The lowest BCUT2D eigenvalue weighted by molar-refractivity contribution is 0.262. The van der Waals surface area contributed by atoms with Crippen LogP contribution in [-0.2, 0) is 12.3 Å². The van der Waals surface area contributed by atoms with Crippen LogP contribution < -0.4 is 0 Å². The van der Waals surface area contributed by atoms with Crippen molar-refractivity contribution < 1.29 is 5.11 Å². The second-order valence-electron chi connectivity index (χ2n) is 2.62. The van der Waals surface area contributed by atoms with Crippen molar-refractivity contribution in [3.8, 4) is 0 Å². The van der Waals surface area contributed by atoms with E-state index in [1.54, 1.807) is 22.2 Å². The number of aromatic nitrogens is 5. The quantitative estimate of drug-likeness (QED) is 0.767. The molecule has 2 rings (SSSR count). The summed E-state index contributed by atoms with van der Waals surface area (Å²) >= 11 is 3.12. The number of hydrogen-bond donors (Lipinski definition) is 1. The lowest BCUT2D eigenvalue weighted by atomic mass is 10.7. The summed E-state index contributed by atoms with van der Waals surface area (Å²) in [5, 5.41) is 23.6. The molecule has 0 bridgehead atoms. The fourth-order valence-corrected chi connectivity index (χ4v) is 2.53. The number of aliphatic hydroxyl groups is 1. The Labute approximate surface area is 94.3 Å². The highest BCUT2D eigenvalue weighted by molar-refractivity contribution is 7.98. The number of aliphatic hydroxyl groups excluding tert-OH is 1. The average molecular weight is 243 g/mol. The molecule has 0 fully saturated rings. The Hall–Kier alpha value is -0.990. The van der Waals surface area contributed by atoms with Gasteiger partial charge >= 0.3 is 0 Å². The molecule has 6 nitrogen and oxygen atoms in total. The van der Waals surface area contributed by atoms with Crippen molar-refractivity contribution in [1.29, 1.82) is 0 Å². The Morgan fingerprint density at radius 3 is 3.20 bits per heavy atom. The van der Waals surface area contributed by atoms with Gasteiger partial charge in [-0.2, -0.15) is 0 Å². The molecule has 0 aliphatic heterocycles. The highest BCUT2D eigenvalue weighted by Crippen LogP contribution is 2.20. The van der Waals surface area contributed by atoms with Crippen LogP contribution in [0.1, 0.15) is 5.01 Å². The molecule has 0 spiro atoms. The Balaban J connectivity index is 1.95. The van der Waals surface area contributed by atoms with E-state index in [0.717, 1.165) is 10.8 Å². The molecule has 2 aromatic rings. The van der Waals surface area contributed by atoms with Crippen LogP contribution in [0.5, 0.6) is 0 Å². The molecule has 80 valence electrons. The van der Waals surface area contributed by atoms with Gasteiger partial charge in [-0.1, -0.05) is 11.8 Å². The minimum Gasteiger partial charge on any atom is -0.394 e. The summed E-state index contributed by atoms with van der Waals surface area (Å²) in [5.41, 5.74) is 0. The number of thiazole rings is 1. The summed E-state index contributed by atoms with van der Waals surface area (Å²) in [6, 6.07) is 0. The zero-order chi connectivity index (χ0) is 10.5. The average Bonchev–Trinajstić information content (AvgIpc) is 2.85. The SMILES string of the molecule is OCCn1nnnc1SCc1nccs1. The second-order valence-corrected chi connectivity index (χ2v) is 4.54. The van der Waals surface area contributed by atoms with E-state index in [1.165, 1.54) is 11.8 Å². The summed E-state index contributed by atoms with van der Waals surface area (Å²) in [7, 11) is 0. The summed E-state index contributed by atoms with van der Waals surface area (Å²) in [5.74, 6) is 0.753. The van der Waals surface area contributed by atoms with E-state index in [9.17, 15) is 0 Å². The molecule has 0 radical (unpaired) electrons. The van der Waals surface area contributed by atoms with Crippen LogP contribution >= 0.6 is 23.1 Å². The Morgan fingerprint density at radius 1 is 1.53 bits per heavy atom. The first kappa shape index (κ1) is 10.5. The van der Waals surface area contributed by atoms with Crippen LogP contribution in [-0.4, -0.2) is 36.9 Å². The lowest BCUT2D eigenvalue weighted by Gasteiger charge is -1.99. The first-order chi connectivity index (χ1) is 7.40. The number of nitrogens with zero attached hydrogens (tertiary/aromatic N) is 5. The second kappa shape index (κ2) is 5.19. The van der Waals surface area contributed by atoms with Gasteiger partial charge in [-0.3, -0.25) is 0 Å². The van der Waals surface area contributed by atoms with E-state index in [1.807, 2.05) is 5.38 Å². The van der Waals surface area contributed by atoms with Crippen LogP contribution in [0.3, 0.4) is 0 Å². The number of thioether (sulfide) groups is 1. The van der Waals surface area contributed by atoms with Crippen molar-refractivity contribution in [2.24, 2.45) is 0 Å². The van der Waals surface area contributed by atoms with Gasteiger partial charge in [0, 0.05) is 11.6 Å². The Bertz CT molecular complexity index is 401. The van der Waals surface area contributed by atoms with E-state index in [0.29, 0.717) is 11.7 Å². The van der Waals surface area contributed by atoms with Crippen molar-refractivity contribution in [2.45, 2.75) is 17.5 Å². The van der Waals surface area contributed by atoms with Crippen molar-refractivity contribution in [2.75, 3.05) is 6.61 Å². The molecular formula is C7H9N5OS2. The molecule has 15 heavy (non-hydrogen) atoms. The Morgan fingerprint density at radius 2 is 2.47 bits per heavy atom. The van der Waals surface area contributed by atoms with Gasteiger partial charge in [0.25, 0.3) is 0 Å². The van der Waals surface area contributed by atoms with Crippen molar-refractivity contribution in [3.05, 3.63) is 16.6 Å². The molecule has 0 amide bonds. The predicted molar refractivity (Wildman–Crippen MR) is 56.6 cm³/mol. The van der Waals surface area contributed by atoms with Crippen LogP contribution in [0, 0.1) is 0 Å². The summed E-state index contributed by atoms with van der Waals surface area (Å²) in [6.07, 6.45) is 1.78. The van der Waals surface area contributed by atoms with E-state index >= 15 is 0 Å².